The van der Waals surface area contributed by atoms with E-state index in [1.165, 1.54) is 6.29 Å². The number of rotatable bonds is 2. The Balaban J connectivity index is 0.00000144. The minimum absolute atomic E-state index is 0. The van der Waals surface area contributed by atoms with Gasteiger partial charge in [0.2, 0.25) is 0 Å². The molecule has 0 aromatic rings. The van der Waals surface area contributed by atoms with E-state index in [2.05, 4.69) is 0 Å². The molecule has 1 saturated heterocycles. The van der Waals surface area contributed by atoms with Crippen LogP contribution in [0.2, 0.25) is 0 Å². The largest absolute Gasteiger partial charge is 1.00 e. The van der Waals surface area contributed by atoms with Crippen molar-refractivity contribution < 1.29 is 48.7 Å². The zero-order valence-electron chi connectivity index (χ0n) is 7.87. The van der Waals surface area contributed by atoms with Crippen LogP contribution in [-0.4, -0.2) is 24.1 Å². The molecule has 3 atom stereocenters. The fourth-order valence-electron chi connectivity index (χ4n) is 1.43. The first kappa shape index (κ1) is 12.8. The van der Waals surface area contributed by atoms with Crippen LogP contribution in [0.4, 0.5) is 0 Å². The van der Waals surface area contributed by atoms with Crippen molar-refractivity contribution in [3.63, 3.8) is 0 Å². The summed E-state index contributed by atoms with van der Waals surface area (Å²) in [6.07, 6.45) is 0.768. The molecule has 1 rings (SSSR count). The minimum atomic E-state index is -0.680. The SMILES string of the molecule is CC1C(=O)O[C@H](C)C1C(=O)[C-]=O.[Na+]. The Hall–Kier alpha value is -0.190. The van der Waals surface area contributed by atoms with E-state index in [4.69, 9.17) is 4.74 Å². The predicted molar refractivity (Wildman–Crippen MR) is 38.9 cm³/mol. The quantitative estimate of drug-likeness (QED) is 0.201. The molecule has 0 saturated carbocycles. The summed E-state index contributed by atoms with van der Waals surface area (Å²) in [4.78, 5) is 31.9. The Kier molecular flexibility index (Phi) is 4.81. The summed E-state index contributed by atoms with van der Waals surface area (Å²) in [7, 11) is 0. The number of carbonyl (C=O) groups excluding carboxylic acids is 3. The molecule has 5 heteroatoms. The van der Waals surface area contributed by atoms with Crippen molar-refractivity contribution in [2.45, 2.75) is 20.0 Å². The van der Waals surface area contributed by atoms with Crippen molar-refractivity contribution in [2.24, 2.45) is 11.8 Å². The number of carbonyl (C=O) groups is 2. The molecule has 1 aliphatic heterocycles. The van der Waals surface area contributed by atoms with Gasteiger partial charge >= 0.3 is 35.5 Å². The van der Waals surface area contributed by atoms with Gasteiger partial charge in [-0.3, -0.25) is 4.79 Å². The van der Waals surface area contributed by atoms with E-state index in [0.717, 1.165) is 0 Å². The minimum Gasteiger partial charge on any atom is -0.534 e. The van der Waals surface area contributed by atoms with Crippen LogP contribution < -0.4 is 29.6 Å². The summed E-state index contributed by atoms with van der Waals surface area (Å²) in [5.41, 5.74) is 0. The fraction of sp³-hybridized carbons (Fsp3) is 0.625. The van der Waals surface area contributed by atoms with E-state index in [0.29, 0.717) is 0 Å². The Morgan fingerprint density at radius 3 is 2.31 bits per heavy atom. The van der Waals surface area contributed by atoms with Gasteiger partial charge in [0.15, 0.2) is 0 Å². The zero-order valence-corrected chi connectivity index (χ0v) is 9.87. The first-order valence-corrected chi connectivity index (χ1v) is 3.70. The maximum Gasteiger partial charge on any atom is 1.00 e. The van der Waals surface area contributed by atoms with E-state index < -0.39 is 29.7 Å². The molecule has 1 aliphatic rings. The summed E-state index contributed by atoms with van der Waals surface area (Å²) in [5, 5.41) is 0. The molecule has 0 aliphatic carbocycles. The Morgan fingerprint density at radius 2 is 2.00 bits per heavy atom. The summed E-state index contributed by atoms with van der Waals surface area (Å²) in [6, 6.07) is 0. The van der Waals surface area contributed by atoms with Crippen LogP contribution in [-0.2, 0) is 19.1 Å². The van der Waals surface area contributed by atoms with Crippen molar-refractivity contribution in [3.8, 4) is 0 Å². The number of esters is 1. The van der Waals surface area contributed by atoms with Crippen LogP contribution >= 0.6 is 0 Å². The Morgan fingerprint density at radius 1 is 1.46 bits per heavy atom. The number of cyclic esters (lactones) is 1. The molecule has 0 bridgehead atoms. The average Bonchev–Trinajstić information content (AvgIpc) is 2.26. The maximum absolute atomic E-state index is 10.9. The summed E-state index contributed by atoms with van der Waals surface area (Å²) < 4.78 is 4.77. The number of hydrogen-bond donors (Lipinski definition) is 0. The first-order valence-electron chi connectivity index (χ1n) is 3.70. The van der Waals surface area contributed by atoms with Gasteiger partial charge in [-0.2, -0.15) is 6.29 Å². The van der Waals surface area contributed by atoms with E-state index in [-0.39, 0.29) is 29.6 Å². The van der Waals surface area contributed by atoms with E-state index in [1.807, 2.05) is 0 Å². The molecule has 0 aromatic carbocycles. The normalized spacial score (nSPS) is 31.8. The molecule has 66 valence electrons. The van der Waals surface area contributed by atoms with Gasteiger partial charge in [-0.15, -0.1) is 0 Å². The van der Waals surface area contributed by atoms with Gasteiger partial charge in [-0.1, -0.05) is 6.92 Å². The monoisotopic (exact) mass is 192 g/mol. The number of Topliss-reactive ketones (excluding diaryl/α,β-unsaturated/α-hetero) is 1. The summed E-state index contributed by atoms with van der Waals surface area (Å²) in [6.45, 7) is 3.17. The van der Waals surface area contributed by atoms with Gasteiger partial charge in [-0.05, 0) is 6.92 Å². The van der Waals surface area contributed by atoms with Crippen LogP contribution in [0.3, 0.4) is 0 Å². The second kappa shape index (κ2) is 4.88. The fourth-order valence-corrected chi connectivity index (χ4v) is 1.43. The summed E-state index contributed by atoms with van der Waals surface area (Å²) in [5.74, 6) is -2.26. The van der Waals surface area contributed by atoms with Crippen LogP contribution in [0.5, 0.6) is 0 Å². The second-order valence-corrected chi connectivity index (χ2v) is 2.92. The van der Waals surface area contributed by atoms with Gasteiger partial charge in [0.25, 0.3) is 0 Å². The van der Waals surface area contributed by atoms with E-state index in [1.54, 1.807) is 13.8 Å². The second-order valence-electron chi connectivity index (χ2n) is 2.92. The third-order valence-corrected chi connectivity index (χ3v) is 2.12. The molecule has 1 fully saturated rings. The molecular weight excluding hydrogens is 183 g/mol. The van der Waals surface area contributed by atoms with Crippen molar-refractivity contribution in [2.75, 3.05) is 0 Å². The zero-order chi connectivity index (χ0) is 9.30. The first-order chi connectivity index (χ1) is 5.57. The molecule has 4 nitrogen and oxygen atoms in total. The average molecular weight is 192 g/mol. The van der Waals surface area contributed by atoms with Gasteiger partial charge in [0, 0.05) is 11.7 Å². The van der Waals surface area contributed by atoms with Gasteiger partial charge in [0.05, 0.1) is 5.92 Å². The third kappa shape index (κ3) is 2.39. The van der Waals surface area contributed by atoms with Crippen molar-refractivity contribution in [3.05, 3.63) is 0 Å². The number of ether oxygens (including phenoxy) is 1. The maximum atomic E-state index is 10.9. The van der Waals surface area contributed by atoms with Crippen LogP contribution in [0.15, 0.2) is 0 Å². The van der Waals surface area contributed by atoms with Gasteiger partial charge < -0.3 is 14.3 Å². The molecule has 0 spiro atoms. The molecule has 0 amide bonds. The standard InChI is InChI=1S/C8H9O4.Na/c1-4-7(6(10)3-9)5(2)12-8(4)11;/h4-5,7H,1-2H3;/q-1;+1/t4?,5-,7?;/m1./s1. The Labute approximate surface area is 98.3 Å². The summed E-state index contributed by atoms with van der Waals surface area (Å²) >= 11 is 0. The van der Waals surface area contributed by atoms with Crippen molar-refractivity contribution >= 4 is 18.0 Å². The predicted octanol–water partition coefficient (Wildman–Crippen LogP) is -3.13. The molecule has 0 radical (unpaired) electrons. The van der Waals surface area contributed by atoms with Gasteiger partial charge in [0.1, 0.15) is 6.10 Å². The molecule has 1 heterocycles. The van der Waals surface area contributed by atoms with Crippen LogP contribution in [0.25, 0.3) is 0 Å². The molecule has 0 N–H and O–H groups in total. The molecule has 2 unspecified atom stereocenters. The Bertz CT molecular complexity index is 238. The smallest absolute Gasteiger partial charge is 0.534 e. The number of hydrogen-bond acceptors (Lipinski definition) is 4. The number of ketones is 1. The van der Waals surface area contributed by atoms with E-state index in [9.17, 15) is 14.4 Å². The molecular formula is C8H9NaO4. The third-order valence-electron chi connectivity index (χ3n) is 2.12. The van der Waals surface area contributed by atoms with E-state index >= 15 is 0 Å². The van der Waals surface area contributed by atoms with Crippen LogP contribution in [0, 0.1) is 11.8 Å². The van der Waals surface area contributed by atoms with Gasteiger partial charge in [-0.25, -0.2) is 0 Å². The molecule has 13 heavy (non-hydrogen) atoms. The van der Waals surface area contributed by atoms with Crippen molar-refractivity contribution in [1.82, 2.24) is 0 Å². The topological polar surface area (TPSA) is 60.4 Å². The van der Waals surface area contributed by atoms with Crippen LogP contribution in [0.1, 0.15) is 13.8 Å². The van der Waals surface area contributed by atoms with Crippen molar-refractivity contribution in [1.29, 1.82) is 0 Å². The molecule has 0 aromatic heterocycles.